The monoisotopic (exact) mass is 248 g/mol. The normalized spacial score (nSPS) is 27.7. The van der Waals surface area contributed by atoms with Crippen molar-refractivity contribution in [3.63, 3.8) is 0 Å². The highest BCUT2D eigenvalue weighted by molar-refractivity contribution is 5.32. The molecule has 2 unspecified atom stereocenters. The maximum Gasteiger partial charge on any atom is 0.203 e. The highest BCUT2D eigenvalue weighted by atomic mass is 15.3. The second-order valence-corrected chi connectivity index (χ2v) is 5.68. The van der Waals surface area contributed by atoms with E-state index in [-0.39, 0.29) is 0 Å². The summed E-state index contributed by atoms with van der Waals surface area (Å²) in [7, 11) is 0. The minimum Gasteiger partial charge on any atom is -0.351 e. The zero-order valence-electron chi connectivity index (χ0n) is 11.5. The summed E-state index contributed by atoms with van der Waals surface area (Å²) < 4.78 is 2.27. The van der Waals surface area contributed by atoms with Crippen LogP contribution >= 0.6 is 0 Å². The van der Waals surface area contributed by atoms with Crippen molar-refractivity contribution in [3.05, 3.63) is 11.9 Å². The fourth-order valence-corrected chi connectivity index (χ4v) is 3.49. The predicted molar refractivity (Wildman–Crippen MR) is 73.9 cm³/mol. The summed E-state index contributed by atoms with van der Waals surface area (Å²) in [6, 6.07) is 1.35. The predicted octanol–water partition coefficient (Wildman–Crippen LogP) is 2.25. The van der Waals surface area contributed by atoms with E-state index in [0.29, 0.717) is 6.04 Å². The van der Waals surface area contributed by atoms with Gasteiger partial charge in [0.25, 0.3) is 0 Å². The molecule has 0 spiro atoms. The highest BCUT2D eigenvalue weighted by Crippen LogP contribution is 2.29. The van der Waals surface area contributed by atoms with Crippen molar-refractivity contribution in [1.29, 1.82) is 0 Å². The van der Waals surface area contributed by atoms with Gasteiger partial charge in [-0.05, 0) is 39.2 Å². The van der Waals surface area contributed by atoms with E-state index >= 15 is 0 Å². The summed E-state index contributed by atoms with van der Waals surface area (Å²) in [6.45, 7) is 7.91. The summed E-state index contributed by atoms with van der Waals surface area (Å²) in [4.78, 5) is 7.28. The van der Waals surface area contributed by atoms with E-state index in [1.165, 1.54) is 32.4 Å². The number of nitrogens with one attached hydrogen (secondary N) is 1. The average molecular weight is 248 g/mol. The van der Waals surface area contributed by atoms with Gasteiger partial charge in [-0.1, -0.05) is 6.92 Å². The molecule has 2 fully saturated rings. The summed E-state index contributed by atoms with van der Waals surface area (Å²) in [6.07, 6.45) is 7.30. The molecule has 0 amide bonds. The number of imidazole rings is 1. The maximum absolute atomic E-state index is 4.64. The van der Waals surface area contributed by atoms with Gasteiger partial charge in [0.1, 0.15) is 0 Å². The Hall–Kier alpha value is -1.03. The zero-order chi connectivity index (χ0) is 12.5. The number of nitrogens with zero attached hydrogens (tertiary/aromatic N) is 3. The van der Waals surface area contributed by atoms with E-state index < -0.39 is 0 Å². The van der Waals surface area contributed by atoms with E-state index in [2.05, 4.69) is 39.8 Å². The van der Waals surface area contributed by atoms with E-state index in [0.717, 1.165) is 30.6 Å². The standard InChI is InChI=1S/C14H24N4/c1-3-7-18-10-11(2)15-14(18)16-12-6-9-17-8-4-5-13(12)17/h10,12-13H,3-9H2,1-2H3,(H,15,16). The third kappa shape index (κ3) is 2.14. The molecule has 2 saturated heterocycles. The number of hydrogen-bond donors (Lipinski definition) is 1. The summed E-state index contributed by atoms with van der Waals surface area (Å²) >= 11 is 0. The van der Waals surface area contributed by atoms with Gasteiger partial charge in [-0.25, -0.2) is 4.98 Å². The smallest absolute Gasteiger partial charge is 0.203 e. The van der Waals surface area contributed by atoms with Crippen LogP contribution in [-0.2, 0) is 6.54 Å². The van der Waals surface area contributed by atoms with Crippen LogP contribution in [0.15, 0.2) is 6.20 Å². The number of aryl methyl sites for hydroxylation is 2. The Balaban J connectivity index is 1.72. The number of aromatic nitrogens is 2. The van der Waals surface area contributed by atoms with Gasteiger partial charge in [0.15, 0.2) is 0 Å². The fourth-order valence-electron chi connectivity index (χ4n) is 3.49. The molecule has 3 rings (SSSR count). The average Bonchev–Trinajstić information content (AvgIpc) is 2.98. The molecule has 100 valence electrons. The Bertz CT molecular complexity index is 412. The van der Waals surface area contributed by atoms with Crippen LogP contribution in [0.2, 0.25) is 0 Å². The summed E-state index contributed by atoms with van der Waals surface area (Å²) in [5.74, 6) is 1.08. The van der Waals surface area contributed by atoms with Crippen molar-refractivity contribution in [1.82, 2.24) is 14.5 Å². The van der Waals surface area contributed by atoms with Gasteiger partial charge in [0.2, 0.25) is 5.95 Å². The van der Waals surface area contributed by atoms with Crippen molar-refractivity contribution in [2.75, 3.05) is 18.4 Å². The second-order valence-electron chi connectivity index (χ2n) is 5.68. The van der Waals surface area contributed by atoms with Crippen LogP contribution in [0.25, 0.3) is 0 Å². The van der Waals surface area contributed by atoms with Crippen LogP contribution in [0, 0.1) is 6.92 Å². The van der Waals surface area contributed by atoms with Gasteiger partial charge < -0.3 is 9.88 Å². The molecular formula is C14H24N4. The van der Waals surface area contributed by atoms with Crippen molar-refractivity contribution >= 4 is 5.95 Å². The Morgan fingerprint density at radius 2 is 2.28 bits per heavy atom. The Kier molecular flexibility index (Phi) is 3.29. The fraction of sp³-hybridized carbons (Fsp3) is 0.786. The maximum atomic E-state index is 4.64. The molecule has 0 bridgehead atoms. The van der Waals surface area contributed by atoms with Crippen LogP contribution < -0.4 is 5.32 Å². The van der Waals surface area contributed by atoms with Gasteiger partial charge in [-0.15, -0.1) is 0 Å². The molecular weight excluding hydrogens is 224 g/mol. The first-order chi connectivity index (χ1) is 8.78. The highest BCUT2D eigenvalue weighted by Gasteiger charge is 2.37. The van der Waals surface area contributed by atoms with Crippen molar-refractivity contribution in [2.45, 2.75) is 58.2 Å². The molecule has 18 heavy (non-hydrogen) atoms. The largest absolute Gasteiger partial charge is 0.351 e. The summed E-state index contributed by atoms with van der Waals surface area (Å²) in [5, 5.41) is 3.70. The van der Waals surface area contributed by atoms with Crippen LogP contribution in [-0.4, -0.2) is 39.6 Å². The molecule has 2 aliphatic heterocycles. The number of fused-ring (bicyclic) bond motifs is 1. The zero-order valence-corrected chi connectivity index (χ0v) is 11.5. The van der Waals surface area contributed by atoms with Crippen molar-refractivity contribution < 1.29 is 0 Å². The quantitative estimate of drug-likeness (QED) is 0.887. The molecule has 4 heteroatoms. The first-order valence-corrected chi connectivity index (χ1v) is 7.32. The molecule has 1 N–H and O–H groups in total. The minimum absolute atomic E-state index is 0.602. The SMILES string of the molecule is CCCn1cc(C)nc1NC1CCN2CCCC12. The number of anilines is 1. The molecule has 1 aromatic rings. The Morgan fingerprint density at radius 1 is 1.39 bits per heavy atom. The lowest BCUT2D eigenvalue weighted by molar-refractivity contribution is 0.318. The first-order valence-electron chi connectivity index (χ1n) is 7.32. The van der Waals surface area contributed by atoms with Crippen LogP contribution in [0.1, 0.15) is 38.3 Å². The molecule has 3 heterocycles. The van der Waals surface area contributed by atoms with Gasteiger partial charge in [-0.3, -0.25) is 4.90 Å². The summed E-state index contributed by atoms with van der Waals surface area (Å²) in [5.41, 5.74) is 1.12. The van der Waals surface area contributed by atoms with Crippen LogP contribution in [0.5, 0.6) is 0 Å². The topological polar surface area (TPSA) is 33.1 Å². The van der Waals surface area contributed by atoms with E-state index in [1.807, 2.05) is 0 Å². The molecule has 0 aliphatic carbocycles. The molecule has 0 saturated carbocycles. The van der Waals surface area contributed by atoms with Crippen molar-refractivity contribution in [3.8, 4) is 0 Å². The van der Waals surface area contributed by atoms with Crippen LogP contribution in [0.3, 0.4) is 0 Å². The van der Waals surface area contributed by atoms with Crippen LogP contribution in [0.4, 0.5) is 5.95 Å². The molecule has 2 aliphatic rings. The van der Waals surface area contributed by atoms with E-state index in [4.69, 9.17) is 0 Å². The lowest BCUT2D eigenvalue weighted by Gasteiger charge is -2.22. The van der Waals surface area contributed by atoms with Gasteiger partial charge in [0.05, 0.1) is 5.69 Å². The minimum atomic E-state index is 0.602. The first kappa shape index (κ1) is 12.0. The number of hydrogen-bond acceptors (Lipinski definition) is 3. The van der Waals surface area contributed by atoms with Crippen molar-refractivity contribution in [2.24, 2.45) is 0 Å². The third-order valence-electron chi connectivity index (χ3n) is 4.28. The molecule has 2 atom stereocenters. The molecule has 0 aromatic carbocycles. The molecule has 0 radical (unpaired) electrons. The molecule has 4 nitrogen and oxygen atoms in total. The van der Waals surface area contributed by atoms with E-state index in [1.54, 1.807) is 0 Å². The van der Waals surface area contributed by atoms with E-state index in [9.17, 15) is 0 Å². The number of rotatable bonds is 4. The third-order valence-corrected chi connectivity index (χ3v) is 4.28. The van der Waals surface area contributed by atoms with Gasteiger partial charge in [0, 0.05) is 31.4 Å². The Morgan fingerprint density at radius 3 is 3.11 bits per heavy atom. The van der Waals surface area contributed by atoms with Gasteiger partial charge in [-0.2, -0.15) is 0 Å². The molecule has 1 aromatic heterocycles. The second kappa shape index (κ2) is 4.92. The lowest BCUT2D eigenvalue weighted by Crippen LogP contribution is -2.34. The lowest BCUT2D eigenvalue weighted by atomic mass is 10.1. The van der Waals surface area contributed by atoms with Gasteiger partial charge >= 0.3 is 0 Å². The Labute approximate surface area is 109 Å².